The molecule has 6 nitrogen and oxygen atoms in total. The van der Waals surface area contributed by atoms with E-state index < -0.39 is 15.8 Å². The zero-order valence-electron chi connectivity index (χ0n) is 14.0. The van der Waals surface area contributed by atoms with Gasteiger partial charge in [-0.2, -0.15) is 0 Å². The van der Waals surface area contributed by atoms with Crippen LogP contribution in [-0.2, 0) is 15.8 Å². The number of hydrogen-bond donors (Lipinski definition) is 1. The van der Waals surface area contributed by atoms with Crippen molar-refractivity contribution < 1.29 is 12.8 Å². The van der Waals surface area contributed by atoms with Crippen LogP contribution in [0.3, 0.4) is 0 Å². The lowest BCUT2D eigenvalue weighted by Gasteiger charge is -2.30. The minimum absolute atomic E-state index is 0.237. The van der Waals surface area contributed by atoms with Crippen LogP contribution in [0.5, 0.6) is 0 Å². The molecule has 2 aromatic rings. The summed E-state index contributed by atoms with van der Waals surface area (Å²) in [6.07, 6.45) is 5.16. The highest BCUT2D eigenvalue weighted by Gasteiger charge is 2.18. The first-order valence-electron chi connectivity index (χ1n) is 8.23. The van der Waals surface area contributed by atoms with Gasteiger partial charge in [0.25, 0.3) is 0 Å². The molecule has 0 amide bonds. The Labute approximate surface area is 147 Å². The van der Waals surface area contributed by atoms with Crippen LogP contribution in [-0.4, -0.2) is 31.5 Å². The predicted molar refractivity (Wildman–Crippen MR) is 95.3 cm³/mol. The fourth-order valence-corrected chi connectivity index (χ4v) is 3.93. The highest BCUT2D eigenvalue weighted by molar-refractivity contribution is 7.91. The maximum absolute atomic E-state index is 12.9. The van der Waals surface area contributed by atoms with Crippen LogP contribution in [0.4, 0.5) is 16.0 Å². The fourth-order valence-electron chi connectivity index (χ4n) is 2.76. The second-order valence-corrected chi connectivity index (χ2v) is 8.15. The van der Waals surface area contributed by atoms with E-state index in [1.54, 1.807) is 0 Å². The molecule has 0 radical (unpaired) electrons. The molecular weight excluding hydrogens is 343 g/mol. The molecule has 0 spiro atoms. The molecule has 2 heterocycles. The van der Waals surface area contributed by atoms with E-state index in [-0.39, 0.29) is 5.75 Å². The third kappa shape index (κ3) is 4.88. The van der Waals surface area contributed by atoms with Gasteiger partial charge in [-0.25, -0.2) is 22.8 Å². The summed E-state index contributed by atoms with van der Waals surface area (Å²) in [6.45, 7) is 4.06. The quantitative estimate of drug-likeness (QED) is 0.883. The molecule has 25 heavy (non-hydrogen) atoms. The molecule has 134 valence electrons. The minimum atomic E-state index is -3.61. The van der Waals surface area contributed by atoms with Gasteiger partial charge < -0.3 is 4.90 Å². The van der Waals surface area contributed by atoms with Gasteiger partial charge in [0.05, 0.1) is 23.8 Å². The van der Waals surface area contributed by atoms with E-state index in [9.17, 15) is 12.8 Å². The maximum atomic E-state index is 12.9. The molecule has 1 saturated heterocycles. The Bertz CT molecular complexity index is 802. The van der Waals surface area contributed by atoms with Gasteiger partial charge in [0.1, 0.15) is 5.82 Å². The monoisotopic (exact) mass is 364 g/mol. The van der Waals surface area contributed by atoms with Crippen LogP contribution < -0.4 is 9.62 Å². The van der Waals surface area contributed by atoms with Gasteiger partial charge >= 0.3 is 0 Å². The zero-order chi connectivity index (χ0) is 17.9. The Morgan fingerprint density at radius 3 is 2.36 bits per heavy atom. The van der Waals surface area contributed by atoms with Crippen molar-refractivity contribution in [3.8, 4) is 0 Å². The summed E-state index contributed by atoms with van der Waals surface area (Å²) in [5, 5.41) is 0. The third-order valence-electron chi connectivity index (χ3n) is 4.25. The van der Waals surface area contributed by atoms with E-state index in [1.165, 1.54) is 36.7 Å². The number of nitrogens with zero attached hydrogens (tertiary/aromatic N) is 3. The summed E-state index contributed by atoms with van der Waals surface area (Å²) in [5.41, 5.74) is 0.824. The van der Waals surface area contributed by atoms with Crippen molar-refractivity contribution in [1.29, 1.82) is 0 Å². The Morgan fingerprint density at radius 1 is 1.16 bits per heavy atom. The van der Waals surface area contributed by atoms with E-state index in [4.69, 9.17) is 0 Å². The summed E-state index contributed by atoms with van der Waals surface area (Å²) in [7, 11) is -3.61. The second kappa shape index (κ2) is 7.35. The summed E-state index contributed by atoms with van der Waals surface area (Å²) < 4.78 is 39.8. The molecule has 0 saturated carbocycles. The van der Waals surface area contributed by atoms with Crippen molar-refractivity contribution in [2.75, 3.05) is 22.7 Å². The normalized spacial score (nSPS) is 16.0. The third-order valence-corrected chi connectivity index (χ3v) is 5.51. The van der Waals surface area contributed by atoms with Crippen LogP contribution >= 0.6 is 0 Å². The molecule has 1 aromatic carbocycles. The topological polar surface area (TPSA) is 75.2 Å². The summed E-state index contributed by atoms with van der Waals surface area (Å²) in [6, 6.07) is 5.38. The smallest absolute Gasteiger partial charge is 0.237 e. The van der Waals surface area contributed by atoms with Crippen LogP contribution in [0.25, 0.3) is 0 Å². The molecule has 0 atom stereocenters. The minimum Gasteiger partial charge on any atom is -0.341 e. The van der Waals surface area contributed by atoms with Crippen molar-refractivity contribution >= 4 is 21.7 Å². The molecule has 0 unspecified atom stereocenters. The van der Waals surface area contributed by atoms with Crippen molar-refractivity contribution in [2.45, 2.75) is 25.5 Å². The number of nitrogens with one attached hydrogen (secondary N) is 1. The summed E-state index contributed by atoms with van der Waals surface area (Å²) >= 11 is 0. The molecule has 1 aliphatic rings. The average Bonchev–Trinajstić information content (AvgIpc) is 2.58. The Kier molecular flexibility index (Phi) is 5.17. The second-order valence-electron chi connectivity index (χ2n) is 6.43. The van der Waals surface area contributed by atoms with Gasteiger partial charge in [-0.15, -0.1) is 0 Å². The van der Waals surface area contributed by atoms with E-state index >= 15 is 0 Å². The molecule has 0 aliphatic carbocycles. The zero-order valence-corrected chi connectivity index (χ0v) is 14.8. The van der Waals surface area contributed by atoms with Crippen LogP contribution in [0.2, 0.25) is 0 Å². The number of anilines is 2. The van der Waals surface area contributed by atoms with E-state index in [1.807, 2.05) is 0 Å². The predicted octanol–water partition coefficient (Wildman–Crippen LogP) is 2.79. The van der Waals surface area contributed by atoms with Crippen molar-refractivity contribution in [2.24, 2.45) is 5.92 Å². The Morgan fingerprint density at radius 2 is 1.76 bits per heavy atom. The maximum Gasteiger partial charge on any atom is 0.237 e. The number of benzene rings is 1. The molecule has 1 aromatic heterocycles. The van der Waals surface area contributed by atoms with Gasteiger partial charge in [-0.05, 0) is 36.5 Å². The van der Waals surface area contributed by atoms with Gasteiger partial charge in [0.2, 0.25) is 16.0 Å². The lowest BCUT2D eigenvalue weighted by atomic mass is 10.00. The first-order valence-corrected chi connectivity index (χ1v) is 9.88. The molecule has 1 N–H and O–H groups in total. The first-order chi connectivity index (χ1) is 11.9. The standard InChI is InChI=1S/C17H21FN4O2S/c1-13-6-8-22(9-7-13)17-19-10-16(11-20-17)21-25(23,24)12-14-2-4-15(18)5-3-14/h2-5,10-11,13,21H,6-9,12H2,1H3. The average molecular weight is 364 g/mol. The van der Waals surface area contributed by atoms with Gasteiger partial charge in [-0.3, -0.25) is 4.72 Å². The van der Waals surface area contributed by atoms with Crippen molar-refractivity contribution in [1.82, 2.24) is 9.97 Å². The molecular formula is C17H21FN4O2S. The number of sulfonamides is 1. The highest BCUT2D eigenvalue weighted by atomic mass is 32.2. The van der Waals surface area contributed by atoms with Crippen molar-refractivity contribution in [3.63, 3.8) is 0 Å². The van der Waals surface area contributed by atoms with Crippen LogP contribution in [0.1, 0.15) is 25.3 Å². The number of piperidine rings is 1. The number of halogens is 1. The fraction of sp³-hybridized carbons (Fsp3) is 0.412. The molecule has 8 heteroatoms. The van der Waals surface area contributed by atoms with Crippen molar-refractivity contribution in [3.05, 3.63) is 48.0 Å². The number of hydrogen-bond acceptors (Lipinski definition) is 5. The van der Waals surface area contributed by atoms with E-state index in [0.29, 0.717) is 23.1 Å². The van der Waals surface area contributed by atoms with E-state index in [0.717, 1.165) is 25.9 Å². The molecule has 1 fully saturated rings. The molecule has 1 aliphatic heterocycles. The SMILES string of the molecule is CC1CCN(c2ncc(NS(=O)(=O)Cc3ccc(F)cc3)cn2)CC1. The molecule has 3 rings (SSSR count). The first kappa shape index (κ1) is 17.6. The van der Waals surface area contributed by atoms with Crippen LogP contribution in [0, 0.1) is 11.7 Å². The van der Waals surface area contributed by atoms with Gasteiger partial charge in [0, 0.05) is 13.1 Å². The number of rotatable bonds is 5. The Balaban J connectivity index is 1.63. The lowest BCUT2D eigenvalue weighted by Crippen LogP contribution is -2.34. The van der Waals surface area contributed by atoms with Crippen LogP contribution in [0.15, 0.2) is 36.7 Å². The Hall–Kier alpha value is -2.22. The highest BCUT2D eigenvalue weighted by Crippen LogP contribution is 2.20. The summed E-state index contributed by atoms with van der Waals surface area (Å²) in [5.74, 6) is 0.700. The van der Waals surface area contributed by atoms with E-state index in [2.05, 4.69) is 26.5 Å². The number of aromatic nitrogens is 2. The molecule has 0 bridgehead atoms. The van der Waals surface area contributed by atoms with Gasteiger partial charge in [-0.1, -0.05) is 19.1 Å². The van der Waals surface area contributed by atoms with Gasteiger partial charge in [0.15, 0.2) is 0 Å². The largest absolute Gasteiger partial charge is 0.341 e. The summed E-state index contributed by atoms with van der Waals surface area (Å²) in [4.78, 5) is 10.6. The lowest BCUT2D eigenvalue weighted by molar-refractivity contribution is 0.434.